The predicted molar refractivity (Wildman–Crippen MR) is 73.0 cm³/mol. The summed E-state index contributed by atoms with van der Waals surface area (Å²) in [6.45, 7) is -0.446. The van der Waals surface area contributed by atoms with Gasteiger partial charge in [0.25, 0.3) is 0 Å². The second kappa shape index (κ2) is 12.4. The highest BCUT2D eigenvalue weighted by Gasteiger charge is 2.29. The van der Waals surface area contributed by atoms with Crippen LogP contribution in [0.3, 0.4) is 0 Å². The third kappa shape index (κ3) is 9.00. The van der Waals surface area contributed by atoms with Gasteiger partial charge in [0, 0.05) is 0 Å². The molecule has 23 heavy (non-hydrogen) atoms. The first-order valence-corrected chi connectivity index (χ1v) is 6.51. The maximum atomic E-state index is 10.5. The molecule has 0 spiro atoms. The van der Waals surface area contributed by atoms with Gasteiger partial charge in [-0.1, -0.05) is 0 Å². The lowest BCUT2D eigenvalue weighted by Gasteiger charge is -2.21. The van der Waals surface area contributed by atoms with Crippen LogP contribution in [0, 0.1) is 0 Å². The van der Waals surface area contributed by atoms with Crippen LogP contribution in [0.25, 0.3) is 0 Å². The van der Waals surface area contributed by atoms with Crippen LogP contribution >= 0.6 is 0 Å². The average Bonchev–Trinajstić information content (AvgIpc) is 2.56. The molecular weight excluding hydrogens is 320 g/mol. The van der Waals surface area contributed by atoms with Crippen molar-refractivity contribution in [2.24, 2.45) is 0 Å². The third-order valence-corrected chi connectivity index (χ3v) is 2.72. The Bertz CT molecular complexity index is 335. The molecule has 0 amide bonds. The maximum Gasteiger partial charge on any atom is 0.189 e. The number of aliphatic hydroxyl groups excluding tert-OH is 9. The van der Waals surface area contributed by atoms with Crippen LogP contribution in [0.1, 0.15) is 6.92 Å². The fourth-order valence-corrected chi connectivity index (χ4v) is 1.17. The molecule has 0 rings (SSSR count). The Labute approximate surface area is 131 Å². The molecule has 0 aromatic carbocycles. The fraction of sp³-hybridized carbons (Fsp3) is 0.833. The van der Waals surface area contributed by atoms with Gasteiger partial charge in [-0.3, -0.25) is 4.79 Å². The van der Waals surface area contributed by atoms with E-state index in [9.17, 15) is 9.59 Å². The van der Waals surface area contributed by atoms with E-state index in [2.05, 4.69) is 0 Å². The molecule has 11 nitrogen and oxygen atoms in total. The molecule has 11 heteroatoms. The van der Waals surface area contributed by atoms with Crippen LogP contribution in [0.4, 0.5) is 0 Å². The first-order valence-electron chi connectivity index (χ1n) is 6.51. The number of aldehydes is 1. The Kier molecular flexibility index (Phi) is 13.1. The van der Waals surface area contributed by atoms with Crippen molar-refractivity contribution in [3.63, 3.8) is 0 Å². The van der Waals surface area contributed by atoms with Gasteiger partial charge in [0.2, 0.25) is 0 Å². The lowest BCUT2D eigenvalue weighted by molar-refractivity contribution is -0.142. The van der Waals surface area contributed by atoms with Gasteiger partial charge in [0.05, 0.1) is 12.7 Å². The van der Waals surface area contributed by atoms with Gasteiger partial charge in [-0.25, -0.2) is 0 Å². The maximum absolute atomic E-state index is 10.5. The smallest absolute Gasteiger partial charge is 0.189 e. The number of carbonyl (C=O) groups excluding carboxylic acids is 2. The largest absolute Gasteiger partial charge is 0.394 e. The van der Waals surface area contributed by atoms with Gasteiger partial charge in [0.1, 0.15) is 43.2 Å². The molecule has 138 valence electrons. The Morgan fingerprint density at radius 2 is 1.39 bits per heavy atom. The van der Waals surface area contributed by atoms with Crippen molar-refractivity contribution in [3.05, 3.63) is 0 Å². The van der Waals surface area contributed by atoms with Crippen molar-refractivity contribution in [2.75, 3.05) is 13.2 Å². The minimum Gasteiger partial charge on any atom is -0.394 e. The fourth-order valence-electron chi connectivity index (χ4n) is 1.17. The van der Waals surface area contributed by atoms with E-state index in [0.717, 1.165) is 0 Å². The molecule has 0 aromatic heterocycles. The summed E-state index contributed by atoms with van der Waals surface area (Å²) >= 11 is 0. The van der Waals surface area contributed by atoms with Crippen LogP contribution in [0.2, 0.25) is 0 Å². The van der Waals surface area contributed by atoms with Crippen LogP contribution < -0.4 is 0 Å². The van der Waals surface area contributed by atoms with E-state index in [1.165, 1.54) is 6.92 Å². The second-order valence-electron chi connectivity index (χ2n) is 4.66. The zero-order valence-corrected chi connectivity index (χ0v) is 12.4. The summed E-state index contributed by atoms with van der Waals surface area (Å²) < 4.78 is 0. The normalized spacial score (nSPS) is 20.1. The van der Waals surface area contributed by atoms with Crippen LogP contribution in [0.15, 0.2) is 0 Å². The average molecular weight is 344 g/mol. The molecular formula is C12H24O11. The summed E-state index contributed by atoms with van der Waals surface area (Å²) in [6.07, 6.45) is -11.1. The Morgan fingerprint density at radius 3 is 1.70 bits per heavy atom. The Morgan fingerprint density at radius 1 is 0.913 bits per heavy atom. The number of hydrogen-bond donors (Lipinski definition) is 9. The molecule has 9 N–H and O–H groups in total. The third-order valence-electron chi connectivity index (χ3n) is 2.72. The Hall–Kier alpha value is -1.02. The second-order valence-corrected chi connectivity index (χ2v) is 4.66. The molecule has 0 heterocycles. The van der Waals surface area contributed by atoms with Gasteiger partial charge in [-0.2, -0.15) is 0 Å². The Balaban J connectivity index is 0. The van der Waals surface area contributed by atoms with E-state index in [4.69, 9.17) is 46.0 Å². The number of ketones is 1. The number of Topliss-reactive ketones (excluding diaryl/α,β-unsaturated/α-hetero) is 1. The summed E-state index contributed by atoms with van der Waals surface area (Å²) in [6, 6.07) is 0. The van der Waals surface area contributed by atoms with E-state index in [1.807, 2.05) is 0 Å². The summed E-state index contributed by atoms with van der Waals surface area (Å²) in [4.78, 5) is 20.4. The topological polar surface area (TPSA) is 216 Å². The molecule has 0 aliphatic carbocycles. The summed E-state index contributed by atoms with van der Waals surface area (Å²) in [5.41, 5.74) is 0. The van der Waals surface area contributed by atoms with E-state index >= 15 is 0 Å². The van der Waals surface area contributed by atoms with E-state index in [-0.39, 0.29) is 6.29 Å². The highest BCUT2D eigenvalue weighted by Crippen LogP contribution is 2.02. The molecule has 0 aliphatic heterocycles. The van der Waals surface area contributed by atoms with Crippen LogP contribution in [-0.2, 0) is 9.59 Å². The number of hydrogen-bond acceptors (Lipinski definition) is 11. The van der Waals surface area contributed by atoms with Gasteiger partial charge in [0.15, 0.2) is 12.1 Å². The van der Waals surface area contributed by atoms with Crippen LogP contribution in [-0.4, -0.2) is 114 Å². The van der Waals surface area contributed by atoms with E-state index in [1.54, 1.807) is 0 Å². The SMILES string of the molecule is C[C@H](O)[C@H](O)[C@@H](O)[C@@H](O)C=O.O=C(CO)[C@H](O)[C@@H](O)[C@H](O)CO. The van der Waals surface area contributed by atoms with Crippen molar-refractivity contribution in [1.82, 2.24) is 0 Å². The van der Waals surface area contributed by atoms with Crippen LogP contribution in [0.5, 0.6) is 0 Å². The molecule has 0 saturated heterocycles. The highest BCUT2D eigenvalue weighted by molar-refractivity contribution is 5.84. The molecule has 7 atom stereocenters. The molecule has 0 aliphatic rings. The summed E-state index contributed by atoms with van der Waals surface area (Å²) in [5, 5.41) is 78.2. The number of rotatable bonds is 9. The summed E-state index contributed by atoms with van der Waals surface area (Å²) in [7, 11) is 0. The molecule has 0 saturated carbocycles. The van der Waals surface area contributed by atoms with Gasteiger partial charge < -0.3 is 50.8 Å². The van der Waals surface area contributed by atoms with E-state index < -0.39 is 61.7 Å². The first kappa shape index (κ1) is 24.2. The highest BCUT2D eigenvalue weighted by atomic mass is 16.4. The summed E-state index contributed by atoms with van der Waals surface area (Å²) in [5.74, 6) is -1.00. The van der Waals surface area contributed by atoms with Crippen molar-refractivity contribution >= 4 is 12.1 Å². The minimum absolute atomic E-state index is 0.0935. The van der Waals surface area contributed by atoms with Crippen molar-refractivity contribution < 1.29 is 55.5 Å². The van der Waals surface area contributed by atoms with Gasteiger partial charge in [-0.15, -0.1) is 0 Å². The molecule has 0 bridgehead atoms. The van der Waals surface area contributed by atoms with E-state index in [0.29, 0.717) is 0 Å². The van der Waals surface area contributed by atoms with Gasteiger partial charge >= 0.3 is 0 Å². The van der Waals surface area contributed by atoms with Crippen molar-refractivity contribution in [1.29, 1.82) is 0 Å². The lowest BCUT2D eigenvalue weighted by Crippen LogP contribution is -2.44. The quantitative estimate of drug-likeness (QED) is 0.179. The lowest BCUT2D eigenvalue weighted by atomic mass is 10.1. The zero-order valence-electron chi connectivity index (χ0n) is 12.4. The number of carbonyl (C=O) groups is 2. The van der Waals surface area contributed by atoms with Crippen molar-refractivity contribution in [3.8, 4) is 0 Å². The molecule has 0 aromatic rings. The zero-order chi connectivity index (χ0) is 18.7. The number of aliphatic hydroxyl groups is 9. The molecule has 0 fully saturated rings. The standard InChI is InChI=1S/C6H12O6.C6H12O5/c7-1-3(9)5(11)6(12)4(10)2-8;1-3(8)5(10)6(11)4(9)2-7/h3,5-9,11-12H,1-2H2;2-6,8-11H,1H3/t3-,5+,6+;3-,4-,5-,6-/m10/s1. The first-order chi connectivity index (χ1) is 10.5. The predicted octanol–water partition coefficient (Wildman–Crippen LogP) is -5.73. The minimum atomic E-state index is -1.86. The molecule has 0 radical (unpaired) electrons. The molecule has 0 unspecified atom stereocenters. The monoisotopic (exact) mass is 344 g/mol. The van der Waals surface area contributed by atoms with Crippen molar-refractivity contribution in [2.45, 2.75) is 49.7 Å². The van der Waals surface area contributed by atoms with Gasteiger partial charge in [-0.05, 0) is 6.92 Å².